The number of hydrogen-bond acceptors (Lipinski definition) is 4. The number of nitrogens with zero attached hydrogens (tertiary/aromatic N) is 4. The summed E-state index contributed by atoms with van der Waals surface area (Å²) in [4.78, 5) is 9.20. The van der Waals surface area contributed by atoms with Gasteiger partial charge in [0.05, 0.1) is 11.9 Å². The lowest BCUT2D eigenvalue weighted by Crippen LogP contribution is -2.06. The van der Waals surface area contributed by atoms with Gasteiger partial charge in [-0.2, -0.15) is 10.2 Å². The van der Waals surface area contributed by atoms with Gasteiger partial charge in [0, 0.05) is 17.8 Å². The lowest BCUT2D eigenvalue weighted by atomic mass is 9.92. The van der Waals surface area contributed by atoms with Crippen LogP contribution in [0.25, 0.3) is 0 Å². The summed E-state index contributed by atoms with van der Waals surface area (Å²) in [5.41, 5.74) is 3.47. The molecule has 24 heavy (non-hydrogen) atoms. The van der Waals surface area contributed by atoms with Crippen molar-refractivity contribution >= 4 is 0 Å². The average Bonchev–Trinajstić information content (AvgIpc) is 2.59. The lowest BCUT2D eigenvalue weighted by molar-refractivity contribution is 0.549. The maximum Gasteiger partial charge on any atom is 0.131 e. The highest BCUT2D eigenvalue weighted by atomic mass is 15.1. The second-order valence-electron chi connectivity index (χ2n) is 7.44. The number of hydrogen-bond donors (Lipinski definition) is 0. The molecule has 0 aliphatic carbocycles. The molecular weight excluding hydrogens is 296 g/mol. The minimum Gasteiger partial charge on any atom is -0.241 e. The Bertz CT molecular complexity index is 594. The first-order valence-electron chi connectivity index (χ1n) is 9.03. The highest BCUT2D eigenvalue weighted by Crippen LogP contribution is 2.27. The molecule has 0 bridgehead atoms. The van der Waals surface area contributed by atoms with Gasteiger partial charge < -0.3 is 0 Å². The summed E-state index contributed by atoms with van der Waals surface area (Å²) >= 11 is 0. The molecule has 0 saturated carbocycles. The highest BCUT2D eigenvalue weighted by Gasteiger charge is 2.15. The van der Waals surface area contributed by atoms with E-state index in [1.54, 1.807) is 0 Å². The van der Waals surface area contributed by atoms with Crippen molar-refractivity contribution in [3.05, 3.63) is 47.3 Å². The molecule has 0 spiro atoms. The fourth-order valence-electron chi connectivity index (χ4n) is 2.69. The average molecular weight is 326 g/mol. The van der Waals surface area contributed by atoms with E-state index < -0.39 is 0 Å². The zero-order chi connectivity index (χ0) is 17.7. The summed E-state index contributed by atoms with van der Waals surface area (Å²) < 4.78 is 0. The van der Waals surface area contributed by atoms with Crippen molar-refractivity contribution in [3.63, 3.8) is 0 Å². The zero-order valence-electron chi connectivity index (χ0n) is 15.8. The molecule has 0 fully saturated rings. The van der Waals surface area contributed by atoms with Crippen LogP contribution in [0.4, 0.5) is 0 Å². The topological polar surface area (TPSA) is 51.6 Å². The Morgan fingerprint density at radius 3 is 2.21 bits per heavy atom. The van der Waals surface area contributed by atoms with E-state index in [1.807, 2.05) is 18.5 Å². The third-order valence-electron chi connectivity index (χ3n) is 4.62. The summed E-state index contributed by atoms with van der Waals surface area (Å²) in [5.74, 6) is 2.65. The van der Waals surface area contributed by atoms with E-state index in [0.29, 0.717) is 23.7 Å². The molecule has 2 heterocycles. The second-order valence-corrected chi connectivity index (χ2v) is 7.44. The van der Waals surface area contributed by atoms with Crippen LogP contribution in [0.15, 0.2) is 24.5 Å². The second kappa shape index (κ2) is 8.32. The van der Waals surface area contributed by atoms with Gasteiger partial charge in [0.25, 0.3) is 0 Å². The molecular formula is C20H30N4. The van der Waals surface area contributed by atoms with Crippen molar-refractivity contribution in [2.75, 3.05) is 0 Å². The van der Waals surface area contributed by atoms with Crippen molar-refractivity contribution in [1.29, 1.82) is 0 Å². The molecule has 0 aliphatic heterocycles. The molecule has 2 atom stereocenters. The Morgan fingerprint density at radius 1 is 0.875 bits per heavy atom. The Labute approximate surface area is 146 Å². The zero-order valence-corrected chi connectivity index (χ0v) is 15.8. The van der Waals surface area contributed by atoms with Gasteiger partial charge in [-0.3, -0.25) is 0 Å². The van der Waals surface area contributed by atoms with Crippen molar-refractivity contribution < 1.29 is 0 Å². The van der Waals surface area contributed by atoms with Crippen LogP contribution in [-0.4, -0.2) is 20.2 Å². The number of aromatic nitrogens is 4. The Balaban J connectivity index is 1.99. The van der Waals surface area contributed by atoms with Crippen LogP contribution in [0.2, 0.25) is 0 Å². The molecule has 130 valence electrons. The van der Waals surface area contributed by atoms with E-state index in [2.05, 4.69) is 62.8 Å². The first-order chi connectivity index (χ1) is 11.4. The van der Waals surface area contributed by atoms with E-state index in [4.69, 9.17) is 4.98 Å². The van der Waals surface area contributed by atoms with Crippen LogP contribution in [-0.2, 0) is 0 Å². The van der Waals surface area contributed by atoms with E-state index in [9.17, 15) is 0 Å². The van der Waals surface area contributed by atoms with Crippen LogP contribution < -0.4 is 0 Å². The van der Waals surface area contributed by atoms with Gasteiger partial charge in [-0.15, -0.1) is 0 Å². The highest BCUT2D eigenvalue weighted by molar-refractivity contribution is 5.19. The monoisotopic (exact) mass is 326 g/mol. The standard InChI is InChI=1S/C20H30N4/c1-13(2)18-9-10-21-20(23-18)16(6)8-7-15(5)17-11-19(14(3)4)24-22-12-17/h9-16H,7-8H2,1-6H3. The number of rotatable bonds is 7. The van der Waals surface area contributed by atoms with Crippen LogP contribution in [0.1, 0.15) is 101 Å². The summed E-state index contributed by atoms with van der Waals surface area (Å²) in [6.07, 6.45) is 5.96. The lowest BCUT2D eigenvalue weighted by Gasteiger charge is -2.16. The maximum absolute atomic E-state index is 4.73. The van der Waals surface area contributed by atoms with Gasteiger partial charge in [-0.05, 0) is 48.3 Å². The summed E-state index contributed by atoms with van der Waals surface area (Å²) in [6.45, 7) is 13.1. The van der Waals surface area contributed by atoms with Crippen molar-refractivity contribution in [2.45, 2.75) is 78.1 Å². The van der Waals surface area contributed by atoms with E-state index in [1.165, 1.54) is 5.56 Å². The van der Waals surface area contributed by atoms with Crippen molar-refractivity contribution in [3.8, 4) is 0 Å². The molecule has 0 aliphatic rings. The van der Waals surface area contributed by atoms with Crippen LogP contribution in [0.5, 0.6) is 0 Å². The largest absolute Gasteiger partial charge is 0.241 e. The first-order valence-corrected chi connectivity index (χ1v) is 9.03. The van der Waals surface area contributed by atoms with Gasteiger partial charge in [0.1, 0.15) is 5.82 Å². The molecule has 2 rings (SSSR count). The van der Waals surface area contributed by atoms with Gasteiger partial charge in [-0.25, -0.2) is 9.97 Å². The van der Waals surface area contributed by atoms with E-state index >= 15 is 0 Å². The summed E-state index contributed by atoms with van der Waals surface area (Å²) in [6, 6.07) is 4.21. The molecule has 0 saturated heterocycles. The third-order valence-corrected chi connectivity index (χ3v) is 4.62. The molecule has 4 heteroatoms. The third kappa shape index (κ3) is 4.83. The molecule has 2 unspecified atom stereocenters. The fourth-order valence-corrected chi connectivity index (χ4v) is 2.69. The van der Waals surface area contributed by atoms with Gasteiger partial charge in [0.15, 0.2) is 0 Å². The predicted molar refractivity (Wildman–Crippen MR) is 98.3 cm³/mol. The summed E-state index contributed by atoms with van der Waals surface area (Å²) in [5, 5.41) is 8.39. The molecule has 2 aromatic rings. The molecule has 0 aromatic carbocycles. The van der Waals surface area contributed by atoms with Gasteiger partial charge in [0.2, 0.25) is 0 Å². The van der Waals surface area contributed by atoms with E-state index in [0.717, 1.165) is 30.1 Å². The molecule has 0 amide bonds. The Morgan fingerprint density at radius 2 is 1.54 bits per heavy atom. The SMILES string of the molecule is CC(C)c1cc(C(C)CCC(C)c2nccc(C(C)C)n2)cnn1. The quantitative estimate of drug-likeness (QED) is 0.701. The molecule has 4 nitrogen and oxygen atoms in total. The normalized spacial score (nSPS) is 14.2. The predicted octanol–water partition coefficient (Wildman–Crippen LogP) is 5.20. The van der Waals surface area contributed by atoms with Crippen LogP contribution in [0, 0.1) is 0 Å². The smallest absolute Gasteiger partial charge is 0.131 e. The van der Waals surface area contributed by atoms with Crippen LogP contribution in [0.3, 0.4) is 0 Å². The Hall–Kier alpha value is -1.84. The molecule has 0 radical (unpaired) electrons. The first kappa shape index (κ1) is 18.5. The fraction of sp³-hybridized carbons (Fsp3) is 0.600. The summed E-state index contributed by atoms with van der Waals surface area (Å²) in [7, 11) is 0. The molecule has 0 N–H and O–H groups in total. The Kier molecular flexibility index (Phi) is 6.41. The molecule has 2 aromatic heterocycles. The van der Waals surface area contributed by atoms with Crippen molar-refractivity contribution in [2.24, 2.45) is 0 Å². The van der Waals surface area contributed by atoms with Crippen LogP contribution >= 0.6 is 0 Å². The van der Waals surface area contributed by atoms with Gasteiger partial charge >= 0.3 is 0 Å². The minimum absolute atomic E-state index is 0.366. The van der Waals surface area contributed by atoms with E-state index in [-0.39, 0.29) is 0 Å². The van der Waals surface area contributed by atoms with Crippen molar-refractivity contribution in [1.82, 2.24) is 20.2 Å². The minimum atomic E-state index is 0.366. The maximum atomic E-state index is 4.73. The van der Waals surface area contributed by atoms with Gasteiger partial charge in [-0.1, -0.05) is 41.5 Å².